The van der Waals surface area contributed by atoms with Crippen molar-refractivity contribution in [1.82, 2.24) is 0 Å². The van der Waals surface area contributed by atoms with Gasteiger partial charge in [-0.2, -0.15) is 0 Å². The molecule has 34 heavy (non-hydrogen) atoms. The molecule has 1 aromatic heterocycles. The van der Waals surface area contributed by atoms with Gasteiger partial charge in [0.05, 0.1) is 6.61 Å². The Labute approximate surface area is 200 Å². The fourth-order valence-electron chi connectivity index (χ4n) is 4.88. The third-order valence-corrected chi connectivity index (χ3v) is 6.61. The van der Waals surface area contributed by atoms with Gasteiger partial charge in [0, 0.05) is 22.1 Å². The molecular weight excluding hydrogens is 428 g/mol. The van der Waals surface area contributed by atoms with E-state index in [9.17, 15) is 14.7 Å². The van der Waals surface area contributed by atoms with Crippen molar-refractivity contribution >= 4 is 16.9 Å². The molecular formula is C29H34O5. The number of benzene rings is 2. The highest BCUT2D eigenvalue weighted by Gasteiger charge is 2.30. The zero-order valence-electron chi connectivity index (χ0n) is 21.2. The maximum atomic E-state index is 13.2. The van der Waals surface area contributed by atoms with Crippen LogP contribution < -0.4 is 5.63 Å². The van der Waals surface area contributed by atoms with Crippen molar-refractivity contribution in [2.45, 2.75) is 78.6 Å². The van der Waals surface area contributed by atoms with Gasteiger partial charge in [-0.3, -0.25) is 0 Å². The first kappa shape index (κ1) is 24.1. The van der Waals surface area contributed by atoms with E-state index in [4.69, 9.17) is 9.15 Å². The molecule has 1 aliphatic rings. The lowest BCUT2D eigenvalue weighted by Gasteiger charge is -2.28. The van der Waals surface area contributed by atoms with Crippen LogP contribution in [0.3, 0.4) is 0 Å². The zero-order chi connectivity index (χ0) is 25.0. The van der Waals surface area contributed by atoms with Gasteiger partial charge in [0.15, 0.2) is 5.56 Å². The molecule has 5 nitrogen and oxygen atoms in total. The van der Waals surface area contributed by atoms with Gasteiger partial charge in [-0.15, -0.1) is 0 Å². The molecule has 0 saturated heterocycles. The second-order valence-corrected chi connectivity index (χ2v) is 11.3. The SMILES string of the molecule is CCOC(=O)c1c(-c2cc(C(C)(C)C)c(O)c(C(C)(C)C)c2)c2cc3c(cc2oc1=O)CCC3. The van der Waals surface area contributed by atoms with Crippen LogP contribution in [0.5, 0.6) is 5.75 Å². The Hall–Kier alpha value is -3.08. The molecule has 0 amide bonds. The molecule has 3 aromatic rings. The van der Waals surface area contributed by atoms with Crippen molar-refractivity contribution in [2.75, 3.05) is 6.61 Å². The summed E-state index contributed by atoms with van der Waals surface area (Å²) in [5, 5.41) is 11.9. The van der Waals surface area contributed by atoms with Crippen LogP contribution in [0, 0.1) is 0 Å². The molecule has 0 fully saturated rings. The summed E-state index contributed by atoms with van der Waals surface area (Å²) in [5.74, 6) is -0.453. The van der Waals surface area contributed by atoms with Crippen molar-refractivity contribution in [3.05, 3.63) is 62.5 Å². The zero-order valence-corrected chi connectivity index (χ0v) is 21.2. The van der Waals surface area contributed by atoms with E-state index in [2.05, 4.69) is 6.07 Å². The molecule has 0 spiro atoms. The molecule has 5 heteroatoms. The Kier molecular flexibility index (Phi) is 5.87. The Morgan fingerprint density at radius 2 is 1.53 bits per heavy atom. The topological polar surface area (TPSA) is 76.7 Å². The molecule has 4 rings (SSSR count). The minimum atomic E-state index is -0.707. The fraction of sp³-hybridized carbons (Fsp3) is 0.448. The van der Waals surface area contributed by atoms with Crippen molar-refractivity contribution < 1.29 is 19.1 Å². The van der Waals surface area contributed by atoms with E-state index in [1.54, 1.807) is 6.92 Å². The summed E-state index contributed by atoms with van der Waals surface area (Å²) in [4.78, 5) is 26.2. The Balaban J connectivity index is 2.18. The van der Waals surface area contributed by atoms with Crippen molar-refractivity contribution in [1.29, 1.82) is 0 Å². The lowest BCUT2D eigenvalue weighted by atomic mass is 9.77. The maximum absolute atomic E-state index is 13.2. The molecule has 0 radical (unpaired) electrons. The number of carbonyl (C=O) groups is 1. The second kappa shape index (κ2) is 8.30. The summed E-state index contributed by atoms with van der Waals surface area (Å²) in [6, 6.07) is 7.79. The van der Waals surface area contributed by atoms with Gasteiger partial charge in [-0.25, -0.2) is 9.59 Å². The Bertz CT molecular complexity index is 1310. The molecule has 1 aliphatic carbocycles. The molecule has 2 aromatic carbocycles. The fourth-order valence-corrected chi connectivity index (χ4v) is 4.88. The molecule has 1 N–H and O–H groups in total. The van der Waals surface area contributed by atoms with Crippen molar-refractivity contribution in [3.8, 4) is 16.9 Å². The largest absolute Gasteiger partial charge is 0.507 e. The number of phenolic OH excluding ortho intramolecular Hbond substituents is 1. The highest BCUT2D eigenvalue weighted by molar-refractivity contribution is 6.06. The van der Waals surface area contributed by atoms with E-state index in [0.717, 1.165) is 30.4 Å². The molecule has 0 bridgehead atoms. The minimum absolute atomic E-state index is 0.0993. The van der Waals surface area contributed by atoms with E-state index in [1.807, 2.05) is 59.7 Å². The van der Waals surface area contributed by atoms with Gasteiger partial charge in [0.25, 0.3) is 0 Å². The van der Waals surface area contributed by atoms with E-state index >= 15 is 0 Å². The van der Waals surface area contributed by atoms with Gasteiger partial charge < -0.3 is 14.3 Å². The van der Waals surface area contributed by atoms with Crippen LogP contribution in [0.4, 0.5) is 0 Å². The predicted octanol–water partition coefficient (Wildman–Crippen LogP) is 6.43. The highest BCUT2D eigenvalue weighted by Crippen LogP contribution is 2.44. The summed E-state index contributed by atoms with van der Waals surface area (Å²) >= 11 is 0. The van der Waals surface area contributed by atoms with Crippen LogP contribution in [0.25, 0.3) is 22.1 Å². The molecule has 0 unspecified atom stereocenters. The number of ether oxygens (including phenoxy) is 1. The number of hydrogen-bond acceptors (Lipinski definition) is 5. The number of aryl methyl sites for hydroxylation is 2. The van der Waals surface area contributed by atoms with Gasteiger partial charge >= 0.3 is 11.6 Å². The number of fused-ring (bicyclic) bond motifs is 2. The first-order chi connectivity index (χ1) is 15.8. The van der Waals surface area contributed by atoms with E-state index in [-0.39, 0.29) is 28.7 Å². The third-order valence-electron chi connectivity index (χ3n) is 6.61. The number of hydrogen-bond donors (Lipinski definition) is 1. The third kappa shape index (κ3) is 4.13. The average molecular weight is 463 g/mol. The van der Waals surface area contributed by atoms with E-state index in [1.165, 1.54) is 11.1 Å². The van der Waals surface area contributed by atoms with Crippen LogP contribution in [-0.2, 0) is 28.4 Å². The number of aromatic hydroxyl groups is 1. The summed E-state index contributed by atoms with van der Waals surface area (Å²) in [5.41, 5.74) is 4.06. The van der Waals surface area contributed by atoms with Crippen molar-refractivity contribution in [2.24, 2.45) is 0 Å². The summed E-state index contributed by atoms with van der Waals surface area (Å²) in [6.45, 7) is 14.1. The summed E-state index contributed by atoms with van der Waals surface area (Å²) in [7, 11) is 0. The lowest BCUT2D eigenvalue weighted by molar-refractivity contribution is 0.0522. The van der Waals surface area contributed by atoms with Crippen LogP contribution in [0.15, 0.2) is 33.5 Å². The minimum Gasteiger partial charge on any atom is -0.507 e. The second-order valence-electron chi connectivity index (χ2n) is 11.3. The maximum Gasteiger partial charge on any atom is 0.351 e. The van der Waals surface area contributed by atoms with Gasteiger partial charge in [-0.05, 0) is 78.0 Å². The molecule has 180 valence electrons. The number of carbonyl (C=O) groups excluding carboxylic acids is 1. The monoisotopic (exact) mass is 462 g/mol. The quantitative estimate of drug-likeness (QED) is 0.359. The first-order valence-electron chi connectivity index (χ1n) is 12.0. The lowest BCUT2D eigenvalue weighted by Crippen LogP contribution is -2.20. The smallest absolute Gasteiger partial charge is 0.351 e. The van der Waals surface area contributed by atoms with Gasteiger partial charge in [0.2, 0.25) is 0 Å². The summed E-state index contributed by atoms with van der Waals surface area (Å²) < 4.78 is 10.9. The Morgan fingerprint density at radius 3 is 2.06 bits per heavy atom. The van der Waals surface area contributed by atoms with Crippen molar-refractivity contribution in [3.63, 3.8) is 0 Å². The standard InChI is InChI=1S/C29H34O5/c1-8-33-26(31)24-23(19-12-16-10-9-11-17(16)15-22(19)34-27(24)32)18-13-20(28(2,3)4)25(30)21(14-18)29(5,6)7/h12-15,30H,8-11H2,1-7H3. The first-order valence-corrected chi connectivity index (χ1v) is 12.0. The summed E-state index contributed by atoms with van der Waals surface area (Å²) in [6.07, 6.45) is 2.96. The molecule has 0 aliphatic heterocycles. The van der Waals surface area contributed by atoms with Crippen LogP contribution in [0.2, 0.25) is 0 Å². The number of rotatable bonds is 3. The highest BCUT2D eigenvalue weighted by atomic mass is 16.5. The van der Waals surface area contributed by atoms with Crippen LogP contribution in [0.1, 0.15) is 87.5 Å². The average Bonchev–Trinajstić information content (AvgIpc) is 3.17. The molecule has 0 saturated carbocycles. The van der Waals surface area contributed by atoms with E-state index in [0.29, 0.717) is 22.1 Å². The number of esters is 1. The number of phenols is 1. The Morgan fingerprint density at radius 1 is 0.971 bits per heavy atom. The van der Waals surface area contributed by atoms with Crippen LogP contribution in [-0.4, -0.2) is 17.7 Å². The predicted molar refractivity (Wildman–Crippen MR) is 135 cm³/mol. The normalized spacial score (nSPS) is 13.9. The molecule has 1 heterocycles. The van der Waals surface area contributed by atoms with Gasteiger partial charge in [-0.1, -0.05) is 41.5 Å². The van der Waals surface area contributed by atoms with E-state index < -0.39 is 11.6 Å². The van der Waals surface area contributed by atoms with Gasteiger partial charge in [0.1, 0.15) is 11.3 Å². The molecule has 0 atom stereocenters. The van der Waals surface area contributed by atoms with Crippen LogP contribution >= 0.6 is 0 Å².